The molecule has 1 aliphatic rings. The van der Waals surface area contributed by atoms with Gasteiger partial charge >= 0.3 is 0 Å². The molecule has 98 valence electrons. The number of piperidine rings is 1. The Morgan fingerprint density at radius 2 is 2.41 bits per heavy atom. The number of carbonyl (C=O) groups is 1. The Labute approximate surface area is 103 Å². The summed E-state index contributed by atoms with van der Waals surface area (Å²) in [5.74, 6) is 0.307. The van der Waals surface area contributed by atoms with Gasteiger partial charge in [-0.3, -0.25) is 9.69 Å². The van der Waals surface area contributed by atoms with E-state index in [-0.39, 0.29) is 17.9 Å². The van der Waals surface area contributed by atoms with Crippen molar-refractivity contribution in [1.82, 2.24) is 10.2 Å². The van der Waals surface area contributed by atoms with E-state index in [2.05, 4.69) is 22.3 Å². The molecule has 1 fully saturated rings. The highest BCUT2D eigenvalue weighted by molar-refractivity contribution is 5.87. The Morgan fingerprint density at radius 3 is 2.94 bits per heavy atom. The van der Waals surface area contributed by atoms with Crippen LogP contribution in [0, 0.1) is 5.92 Å². The first-order valence-corrected chi connectivity index (χ1v) is 6.29. The zero-order valence-electron chi connectivity index (χ0n) is 10.9. The summed E-state index contributed by atoms with van der Waals surface area (Å²) < 4.78 is 0. The van der Waals surface area contributed by atoms with Crippen molar-refractivity contribution >= 4 is 11.6 Å². The Bertz CT molecular complexity index is 291. The summed E-state index contributed by atoms with van der Waals surface area (Å²) in [5.41, 5.74) is 0.837. The van der Waals surface area contributed by atoms with Gasteiger partial charge in [0.15, 0.2) is 0 Å². The monoisotopic (exact) mass is 241 g/mol. The first-order valence-electron chi connectivity index (χ1n) is 6.29. The largest absolute Gasteiger partial charge is 0.411 e. The minimum atomic E-state index is 0.0796. The molecular weight excluding hydrogens is 218 g/mol. The smallest absolute Gasteiger partial charge is 0.234 e. The normalized spacial score (nSPS) is 25.8. The molecule has 1 aliphatic heterocycles. The lowest BCUT2D eigenvalue weighted by molar-refractivity contribution is -0.123. The van der Waals surface area contributed by atoms with Crippen LogP contribution >= 0.6 is 0 Å². The first kappa shape index (κ1) is 14.0. The van der Waals surface area contributed by atoms with E-state index in [1.54, 1.807) is 0 Å². The van der Waals surface area contributed by atoms with Crippen molar-refractivity contribution in [3.8, 4) is 0 Å². The van der Waals surface area contributed by atoms with Gasteiger partial charge in [-0.1, -0.05) is 19.0 Å². The molecule has 0 spiro atoms. The highest BCUT2D eigenvalue weighted by atomic mass is 16.4. The third-order valence-electron chi connectivity index (χ3n) is 3.30. The van der Waals surface area contributed by atoms with Gasteiger partial charge in [-0.05, 0) is 13.3 Å². The summed E-state index contributed by atoms with van der Waals surface area (Å²) in [5, 5.41) is 15.0. The second kappa shape index (κ2) is 6.59. The van der Waals surface area contributed by atoms with Gasteiger partial charge in [-0.15, -0.1) is 0 Å². The molecule has 17 heavy (non-hydrogen) atoms. The SMILES string of the molecule is CCC(C)NC(=O)CN1CCC(=NO)C(C)C1. The van der Waals surface area contributed by atoms with Crippen LogP contribution in [-0.4, -0.2) is 47.4 Å². The van der Waals surface area contributed by atoms with E-state index >= 15 is 0 Å². The molecule has 2 unspecified atom stereocenters. The lowest BCUT2D eigenvalue weighted by Crippen LogP contribution is -2.46. The minimum Gasteiger partial charge on any atom is -0.411 e. The van der Waals surface area contributed by atoms with E-state index in [9.17, 15) is 4.79 Å². The molecule has 0 radical (unpaired) electrons. The van der Waals surface area contributed by atoms with Crippen LogP contribution in [0.2, 0.25) is 0 Å². The molecule has 2 atom stereocenters. The van der Waals surface area contributed by atoms with Crippen molar-refractivity contribution in [2.75, 3.05) is 19.6 Å². The Kier molecular flexibility index (Phi) is 5.41. The van der Waals surface area contributed by atoms with Gasteiger partial charge in [-0.25, -0.2) is 0 Å². The third-order valence-corrected chi connectivity index (χ3v) is 3.30. The number of nitrogens with one attached hydrogen (secondary N) is 1. The minimum absolute atomic E-state index is 0.0796. The van der Waals surface area contributed by atoms with Crippen molar-refractivity contribution in [1.29, 1.82) is 0 Å². The highest BCUT2D eigenvalue weighted by Crippen LogP contribution is 2.13. The Hall–Kier alpha value is -1.10. The molecule has 0 saturated carbocycles. The molecule has 2 N–H and O–H groups in total. The molecule has 1 saturated heterocycles. The van der Waals surface area contributed by atoms with Crippen molar-refractivity contribution in [2.45, 2.75) is 39.7 Å². The zero-order valence-corrected chi connectivity index (χ0v) is 10.9. The maximum absolute atomic E-state index is 11.7. The van der Waals surface area contributed by atoms with Crippen molar-refractivity contribution in [2.24, 2.45) is 11.1 Å². The van der Waals surface area contributed by atoms with Crippen LogP contribution in [0.5, 0.6) is 0 Å². The first-order chi connectivity index (χ1) is 8.06. The maximum atomic E-state index is 11.7. The maximum Gasteiger partial charge on any atom is 0.234 e. The number of hydrogen-bond acceptors (Lipinski definition) is 4. The summed E-state index contributed by atoms with van der Waals surface area (Å²) in [6.07, 6.45) is 1.69. The van der Waals surface area contributed by atoms with Crippen molar-refractivity contribution in [3.63, 3.8) is 0 Å². The number of hydrogen-bond donors (Lipinski definition) is 2. The second-order valence-corrected chi connectivity index (χ2v) is 4.85. The molecule has 0 bridgehead atoms. The molecule has 1 rings (SSSR count). The molecule has 5 heteroatoms. The predicted molar refractivity (Wildman–Crippen MR) is 67.3 cm³/mol. The van der Waals surface area contributed by atoms with Gasteiger partial charge in [0.2, 0.25) is 5.91 Å². The van der Waals surface area contributed by atoms with Crippen LogP contribution in [0.1, 0.15) is 33.6 Å². The summed E-state index contributed by atoms with van der Waals surface area (Å²) in [4.78, 5) is 13.8. The van der Waals surface area contributed by atoms with Crippen molar-refractivity contribution in [3.05, 3.63) is 0 Å². The van der Waals surface area contributed by atoms with E-state index < -0.39 is 0 Å². The van der Waals surface area contributed by atoms with Gasteiger partial charge < -0.3 is 10.5 Å². The molecule has 0 aromatic heterocycles. The Morgan fingerprint density at radius 1 is 1.71 bits per heavy atom. The third kappa shape index (κ3) is 4.34. The number of amides is 1. The quantitative estimate of drug-likeness (QED) is 0.571. The average molecular weight is 241 g/mol. The van der Waals surface area contributed by atoms with Gasteiger partial charge in [0.05, 0.1) is 12.3 Å². The van der Waals surface area contributed by atoms with Crippen LogP contribution < -0.4 is 5.32 Å². The molecule has 1 heterocycles. The van der Waals surface area contributed by atoms with E-state index in [4.69, 9.17) is 5.21 Å². The highest BCUT2D eigenvalue weighted by Gasteiger charge is 2.23. The van der Waals surface area contributed by atoms with Crippen molar-refractivity contribution < 1.29 is 10.0 Å². The molecule has 0 aliphatic carbocycles. The van der Waals surface area contributed by atoms with Gasteiger partial charge in [0.25, 0.3) is 0 Å². The van der Waals surface area contributed by atoms with Gasteiger partial charge in [-0.2, -0.15) is 0 Å². The number of likely N-dealkylation sites (tertiary alicyclic amines) is 1. The lowest BCUT2D eigenvalue weighted by atomic mass is 9.98. The Balaban J connectivity index is 2.36. The lowest BCUT2D eigenvalue weighted by Gasteiger charge is -2.31. The summed E-state index contributed by atoms with van der Waals surface area (Å²) >= 11 is 0. The fourth-order valence-corrected chi connectivity index (χ4v) is 2.02. The molecular formula is C12H23N3O2. The number of oxime groups is 1. The van der Waals surface area contributed by atoms with Crippen LogP contribution in [0.15, 0.2) is 5.16 Å². The summed E-state index contributed by atoms with van der Waals surface area (Å²) in [6, 6.07) is 0.235. The summed E-state index contributed by atoms with van der Waals surface area (Å²) in [6.45, 7) is 8.09. The van der Waals surface area contributed by atoms with E-state index in [1.165, 1.54) is 0 Å². The van der Waals surface area contributed by atoms with Gasteiger partial charge in [0.1, 0.15) is 0 Å². The molecule has 0 aromatic carbocycles. The number of nitrogens with zero attached hydrogens (tertiary/aromatic N) is 2. The fourth-order valence-electron chi connectivity index (χ4n) is 2.02. The fraction of sp³-hybridized carbons (Fsp3) is 0.833. The molecule has 0 aromatic rings. The van der Waals surface area contributed by atoms with E-state index in [1.807, 2.05) is 13.8 Å². The topological polar surface area (TPSA) is 64.9 Å². The number of carbonyl (C=O) groups excluding carboxylic acids is 1. The standard InChI is InChI=1S/C12H23N3O2/c1-4-10(3)13-12(16)8-15-6-5-11(14-17)9(2)7-15/h9-10,17H,4-8H2,1-3H3,(H,13,16). The van der Waals surface area contributed by atoms with E-state index in [0.717, 1.165) is 31.6 Å². The molecule has 5 nitrogen and oxygen atoms in total. The van der Waals surface area contributed by atoms with Crippen LogP contribution in [0.3, 0.4) is 0 Å². The zero-order chi connectivity index (χ0) is 12.8. The predicted octanol–water partition coefficient (Wildman–Crippen LogP) is 1.07. The van der Waals surface area contributed by atoms with E-state index in [0.29, 0.717) is 6.54 Å². The second-order valence-electron chi connectivity index (χ2n) is 4.85. The number of rotatable bonds is 4. The van der Waals surface area contributed by atoms with Gasteiger partial charge in [0, 0.05) is 31.5 Å². The van der Waals surface area contributed by atoms with Crippen LogP contribution in [0.25, 0.3) is 0 Å². The van der Waals surface area contributed by atoms with Crippen LogP contribution in [-0.2, 0) is 4.79 Å². The average Bonchev–Trinajstić information content (AvgIpc) is 2.29. The molecule has 1 amide bonds. The summed E-state index contributed by atoms with van der Waals surface area (Å²) in [7, 11) is 0. The van der Waals surface area contributed by atoms with Crippen LogP contribution in [0.4, 0.5) is 0 Å².